The molecule has 7 heteroatoms. The smallest absolute Gasteiger partial charge is 0.191 e. The largest absolute Gasteiger partial charge is 0.377 e. The van der Waals surface area contributed by atoms with Gasteiger partial charge in [-0.2, -0.15) is 0 Å². The van der Waals surface area contributed by atoms with Crippen molar-refractivity contribution in [2.45, 2.75) is 43.7 Å². The summed E-state index contributed by atoms with van der Waals surface area (Å²) in [6.45, 7) is 7.13. The van der Waals surface area contributed by atoms with Gasteiger partial charge in [0, 0.05) is 44.4 Å². The molecule has 1 fully saturated rings. The number of allylic oxidation sites excluding steroid dienone is 1. The minimum absolute atomic E-state index is 0.349. The molecule has 0 aliphatic carbocycles. The molecule has 0 bridgehead atoms. The van der Waals surface area contributed by atoms with E-state index in [1.54, 1.807) is 11.8 Å². The van der Waals surface area contributed by atoms with Crippen LogP contribution in [0.1, 0.15) is 24.4 Å². The Labute approximate surface area is 153 Å². The molecule has 1 aliphatic rings. The lowest BCUT2D eigenvalue weighted by Crippen LogP contribution is -2.21. The van der Waals surface area contributed by atoms with Gasteiger partial charge in [0.05, 0.1) is 12.6 Å². The highest BCUT2D eigenvalue weighted by Gasteiger charge is 2.19. The Kier molecular flexibility index (Phi) is 6.34. The molecule has 6 nitrogen and oxygen atoms in total. The van der Waals surface area contributed by atoms with Crippen LogP contribution in [0.4, 0.5) is 0 Å². The van der Waals surface area contributed by atoms with Crippen LogP contribution in [0.5, 0.6) is 0 Å². The SMILES string of the molecule is C=CCn1c(CN(C)Cc2cccn2C)nnc1SCC1CCCO1. The molecule has 0 radical (unpaired) electrons. The van der Waals surface area contributed by atoms with Gasteiger partial charge in [-0.1, -0.05) is 17.8 Å². The summed E-state index contributed by atoms with van der Waals surface area (Å²) in [6, 6.07) is 4.22. The zero-order chi connectivity index (χ0) is 17.6. The van der Waals surface area contributed by atoms with Crippen LogP contribution in [-0.2, 0) is 31.4 Å². The van der Waals surface area contributed by atoms with Crippen molar-refractivity contribution in [2.75, 3.05) is 19.4 Å². The van der Waals surface area contributed by atoms with Crippen LogP contribution in [-0.4, -0.2) is 49.7 Å². The summed E-state index contributed by atoms with van der Waals surface area (Å²) in [7, 11) is 4.18. The van der Waals surface area contributed by atoms with Gasteiger partial charge in [0.2, 0.25) is 0 Å². The van der Waals surface area contributed by atoms with Crippen molar-refractivity contribution in [1.82, 2.24) is 24.2 Å². The van der Waals surface area contributed by atoms with E-state index in [4.69, 9.17) is 4.74 Å². The standard InChI is InChI=1S/C18H27N5OS/c1-4-9-23-17(13-21(2)12-15-7-5-10-22(15)3)19-20-18(23)25-14-16-8-6-11-24-16/h4-5,7,10,16H,1,6,8-9,11-14H2,2-3H3. The fourth-order valence-corrected chi connectivity index (χ4v) is 4.07. The molecule has 2 aromatic rings. The molecule has 1 aliphatic heterocycles. The summed E-state index contributed by atoms with van der Waals surface area (Å²) in [5.41, 5.74) is 1.28. The van der Waals surface area contributed by atoms with Gasteiger partial charge in [-0.15, -0.1) is 16.8 Å². The van der Waals surface area contributed by atoms with Crippen molar-refractivity contribution in [1.29, 1.82) is 0 Å². The molecule has 1 unspecified atom stereocenters. The molecule has 25 heavy (non-hydrogen) atoms. The molecule has 2 aromatic heterocycles. The van der Waals surface area contributed by atoms with Gasteiger partial charge in [0.25, 0.3) is 0 Å². The third-order valence-electron chi connectivity index (χ3n) is 4.42. The quantitative estimate of drug-likeness (QED) is 0.508. The number of aromatic nitrogens is 4. The zero-order valence-electron chi connectivity index (χ0n) is 15.1. The highest BCUT2D eigenvalue weighted by Crippen LogP contribution is 2.23. The average Bonchev–Trinajstić information content (AvgIpc) is 3.31. The van der Waals surface area contributed by atoms with Crippen molar-refractivity contribution in [3.05, 3.63) is 42.5 Å². The van der Waals surface area contributed by atoms with Gasteiger partial charge < -0.3 is 13.9 Å². The number of thioether (sulfide) groups is 1. The number of hydrogen-bond acceptors (Lipinski definition) is 5. The molecular formula is C18H27N5OS. The summed E-state index contributed by atoms with van der Waals surface area (Å²) in [5.74, 6) is 1.92. The number of aryl methyl sites for hydroxylation is 1. The Balaban J connectivity index is 1.63. The van der Waals surface area contributed by atoms with Crippen LogP contribution in [0.25, 0.3) is 0 Å². The topological polar surface area (TPSA) is 48.1 Å². The van der Waals surface area contributed by atoms with E-state index in [2.05, 4.69) is 63.2 Å². The van der Waals surface area contributed by atoms with E-state index in [1.807, 2.05) is 6.08 Å². The van der Waals surface area contributed by atoms with E-state index in [-0.39, 0.29) is 0 Å². The second kappa shape index (κ2) is 8.69. The second-order valence-electron chi connectivity index (χ2n) is 6.53. The number of nitrogens with zero attached hydrogens (tertiary/aromatic N) is 5. The third kappa shape index (κ3) is 4.74. The van der Waals surface area contributed by atoms with E-state index in [9.17, 15) is 0 Å². The third-order valence-corrected chi connectivity index (χ3v) is 5.52. The first-order valence-corrected chi connectivity index (χ1v) is 9.72. The van der Waals surface area contributed by atoms with E-state index in [0.717, 1.165) is 49.4 Å². The molecule has 3 rings (SSSR count). The van der Waals surface area contributed by atoms with Gasteiger partial charge >= 0.3 is 0 Å². The minimum Gasteiger partial charge on any atom is -0.377 e. The Morgan fingerprint density at radius 3 is 3.00 bits per heavy atom. The van der Waals surface area contributed by atoms with Crippen molar-refractivity contribution < 1.29 is 4.74 Å². The summed E-state index contributed by atoms with van der Waals surface area (Å²) < 4.78 is 10.0. The van der Waals surface area contributed by atoms with E-state index >= 15 is 0 Å². The highest BCUT2D eigenvalue weighted by molar-refractivity contribution is 7.99. The van der Waals surface area contributed by atoms with Gasteiger partial charge in [-0.05, 0) is 32.0 Å². The Bertz CT molecular complexity index is 689. The maximum Gasteiger partial charge on any atom is 0.191 e. The second-order valence-corrected chi connectivity index (χ2v) is 7.51. The average molecular weight is 362 g/mol. The summed E-state index contributed by atoms with van der Waals surface area (Å²) >= 11 is 1.73. The predicted molar refractivity (Wildman–Crippen MR) is 101 cm³/mol. The highest BCUT2D eigenvalue weighted by atomic mass is 32.2. The number of hydrogen-bond donors (Lipinski definition) is 0. The lowest BCUT2D eigenvalue weighted by atomic mass is 10.3. The molecule has 0 spiro atoms. The van der Waals surface area contributed by atoms with Crippen molar-refractivity contribution in [3.63, 3.8) is 0 Å². The van der Waals surface area contributed by atoms with Gasteiger partial charge in [-0.25, -0.2) is 0 Å². The molecular weight excluding hydrogens is 334 g/mol. The summed E-state index contributed by atoms with van der Waals surface area (Å²) in [5, 5.41) is 9.79. The summed E-state index contributed by atoms with van der Waals surface area (Å²) in [6.07, 6.45) is 6.64. The minimum atomic E-state index is 0.349. The van der Waals surface area contributed by atoms with Gasteiger partial charge in [0.1, 0.15) is 5.82 Å². The van der Waals surface area contributed by atoms with Crippen LogP contribution in [0.3, 0.4) is 0 Å². The molecule has 3 heterocycles. The lowest BCUT2D eigenvalue weighted by Gasteiger charge is -2.17. The first-order chi connectivity index (χ1) is 12.2. The normalized spacial score (nSPS) is 17.5. The molecule has 136 valence electrons. The van der Waals surface area contributed by atoms with Crippen LogP contribution >= 0.6 is 11.8 Å². The van der Waals surface area contributed by atoms with Crippen LogP contribution in [0, 0.1) is 0 Å². The Morgan fingerprint density at radius 1 is 1.44 bits per heavy atom. The fraction of sp³-hybridized carbons (Fsp3) is 0.556. The molecule has 1 atom stereocenters. The molecule has 1 saturated heterocycles. The van der Waals surface area contributed by atoms with E-state index < -0.39 is 0 Å². The van der Waals surface area contributed by atoms with E-state index in [0.29, 0.717) is 6.10 Å². The van der Waals surface area contributed by atoms with Crippen LogP contribution in [0.15, 0.2) is 36.1 Å². The molecule has 0 aromatic carbocycles. The Morgan fingerprint density at radius 2 is 2.32 bits per heavy atom. The van der Waals surface area contributed by atoms with Gasteiger partial charge in [-0.3, -0.25) is 4.90 Å². The van der Waals surface area contributed by atoms with Crippen molar-refractivity contribution >= 4 is 11.8 Å². The van der Waals surface area contributed by atoms with Gasteiger partial charge in [0.15, 0.2) is 5.16 Å². The first kappa shape index (κ1) is 18.2. The number of rotatable bonds is 9. The monoisotopic (exact) mass is 361 g/mol. The maximum atomic E-state index is 5.71. The zero-order valence-corrected chi connectivity index (χ0v) is 15.9. The first-order valence-electron chi connectivity index (χ1n) is 8.73. The predicted octanol–water partition coefficient (Wildman–Crippen LogP) is 2.71. The maximum absolute atomic E-state index is 5.71. The van der Waals surface area contributed by atoms with Crippen molar-refractivity contribution in [3.8, 4) is 0 Å². The summed E-state index contributed by atoms with van der Waals surface area (Å²) in [4.78, 5) is 2.26. The molecule has 0 N–H and O–H groups in total. The van der Waals surface area contributed by atoms with Crippen LogP contribution < -0.4 is 0 Å². The molecule has 0 amide bonds. The lowest BCUT2D eigenvalue weighted by molar-refractivity contribution is 0.129. The fourth-order valence-electron chi connectivity index (χ4n) is 3.03. The molecule has 0 saturated carbocycles. The Hall–Kier alpha value is -1.57. The van der Waals surface area contributed by atoms with Crippen molar-refractivity contribution in [2.24, 2.45) is 7.05 Å². The number of ether oxygens (including phenoxy) is 1. The van der Waals surface area contributed by atoms with Crippen LogP contribution in [0.2, 0.25) is 0 Å². The van der Waals surface area contributed by atoms with E-state index in [1.165, 1.54) is 12.1 Å².